The number of hydrogen-bond acceptors (Lipinski definition) is 4. The number of ether oxygens (including phenoxy) is 1. The number of rotatable bonds is 8. The number of methoxy groups -OCH3 is 1. The largest absolute Gasteiger partial charge is 0.497 e. The molecule has 1 aliphatic rings. The summed E-state index contributed by atoms with van der Waals surface area (Å²) in [5, 5.41) is 13.5. The van der Waals surface area contributed by atoms with Crippen molar-refractivity contribution in [1.82, 2.24) is 10.2 Å². The third-order valence-corrected chi connectivity index (χ3v) is 4.10. The molecule has 0 radical (unpaired) electrons. The van der Waals surface area contributed by atoms with Crippen LogP contribution in [0.2, 0.25) is 0 Å². The first-order valence-corrected chi connectivity index (χ1v) is 7.36. The van der Waals surface area contributed by atoms with E-state index >= 15 is 0 Å². The van der Waals surface area contributed by atoms with Gasteiger partial charge in [0.2, 0.25) is 0 Å². The van der Waals surface area contributed by atoms with E-state index in [1.54, 1.807) is 7.11 Å². The molecule has 2 atom stereocenters. The molecule has 0 aliphatic heterocycles. The molecule has 1 aromatic rings. The molecule has 4 heteroatoms. The maximum absolute atomic E-state index is 10.1. The Morgan fingerprint density at radius 2 is 1.95 bits per heavy atom. The summed E-state index contributed by atoms with van der Waals surface area (Å²) in [6.07, 6.45) is 2.18. The summed E-state index contributed by atoms with van der Waals surface area (Å²) in [5.74, 6) is 0.814. The standard InChI is InChI=1S/C16H26N2O2/c1-12(18(2)14-6-7-14)10-17-11-16(19)13-4-8-15(20-3)9-5-13/h4-5,8-9,12,14,16-17,19H,6-7,10-11H2,1-3H3. The predicted octanol–water partition coefficient (Wildman–Crippen LogP) is 1.80. The number of likely N-dealkylation sites (N-methyl/N-ethyl adjacent to an activating group) is 1. The minimum absolute atomic E-state index is 0.473. The van der Waals surface area contributed by atoms with Crippen LogP contribution in [-0.4, -0.2) is 49.3 Å². The van der Waals surface area contributed by atoms with E-state index in [1.807, 2.05) is 24.3 Å². The Hall–Kier alpha value is -1.10. The molecule has 0 bridgehead atoms. The molecule has 1 fully saturated rings. The van der Waals surface area contributed by atoms with Crippen LogP contribution in [0.3, 0.4) is 0 Å². The van der Waals surface area contributed by atoms with Crippen LogP contribution in [0.5, 0.6) is 5.75 Å². The minimum atomic E-state index is -0.473. The lowest BCUT2D eigenvalue weighted by atomic mass is 10.1. The predicted molar refractivity (Wildman–Crippen MR) is 81.1 cm³/mol. The summed E-state index contributed by atoms with van der Waals surface area (Å²) in [6.45, 7) is 3.71. The van der Waals surface area contributed by atoms with Crippen LogP contribution < -0.4 is 10.1 Å². The van der Waals surface area contributed by atoms with Crippen LogP contribution in [0.1, 0.15) is 31.4 Å². The summed E-state index contributed by atoms with van der Waals surface area (Å²) in [5.41, 5.74) is 0.918. The van der Waals surface area contributed by atoms with Crippen LogP contribution in [0, 0.1) is 0 Å². The Bertz CT molecular complexity index is 403. The topological polar surface area (TPSA) is 44.7 Å². The van der Waals surface area contributed by atoms with E-state index in [2.05, 4.69) is 24.2 Å². The van der Waals surface area contributed by atoms with E-state index < -0.39 is 6.10 Å². The molecule has 1 saturated carbocycles. The van der Waals surface area contributed by atoms with Gasteiger partial charge in [-0.05, 0) is 44.5 Å². The molecule has 0 spiro atoms. The third-order valence-electron chi connectivity index (χ3n) is 4.10. The van der Waals surface area contributed by atoms with Gasteiger partial charge in [-0.1, -0.05) is 12.1 Å². The molecule has 2 rings (SSSR count). The average molecular weight is 278 g/mol. The first-order valence-electron chi connectivity index (χ1n) is 7.36. The van der Waals surface area contributed by atoms with Gasteiger partial charge in [-0.15, -0.1) is 0 Å². The number of aliphatic hydroxyl groups is 1. The van der Waals surface area contributed by atoms with E-state index in [1.165, 1.54) is 12.8 Å². The van der Waals surface area contributed by atoms with Gasteiger partial charge in [0.1, 0.15) is 5.75 Å². The molecule has 4 nitrogen and oxygen atoms in total. The molecule has 0 amide bonds. The maximum Gasteiger partial charge on any atom is 0.118 e. The molecule has 1 aliphatic carbocycles. The van der Waals surface area contributed by atoms with Gasteiger partial charge in [0.25, 0.3) is 0 Å². The highest BCUT2D eigenvalue weighted by molar-refractivity contribution is 5.28. The quantitative estimate of drug-likeness (QED) is 0.761. The fraction of sp³-hybridized carbons (Fsp3) is 0.625. The van der Waals surface area contributed by atoms with Crippen LogP contribution in [0.25, 0.3) is 0 Å². The van der Waals surface area contributed by atoms with E-state index in [0.29, 0.717) is 12.6 Å². The van der Waals surface area contributed by atoms with Crippen molar-refractivity contribution in [2.75, 3.05) is 27.2 Å². The minimum Gasteiger partial charge on any atom is -0.497 e. The van der Waals surface area contributed by atoms with Crippen molar-refractivity contribution in [3.63, 3.8) is 0 Å². The van der Waals surface area contributed by atoms with Crippen molar-refractivity contribution in [1.29, 1.82) is 0 Å². The van der Waals surface area contributed by atoms with Gasteiger partial charge >= 0.3 is 0 Å². The second-order valence-corrected chi connectivity index (χ2v) is 5.69. The Balaban J connectivity index is 1.72. The van der Waals surface area contributed by atoms with E-state index in [9.17, 15) is 5.11 Å². The first-order chi connectivity index (χ1) is 9.61. The highest BCUT2D eigenvalue weighted by atomic mass is 16.5. The van der Waals surface area contributed by atoms with Crippen molar-refractivity contribution in [3.8, 4) is 5.75 Å². The van der Waals surface area contributed by atoms with E-state index in [4.69, 9.17) is 4.74 Å². The van der Waals surface area contributed by atoms with Gasteiger partial charge in [-0.25, -0.2) is 0 Å². The Kier molecular flexibility index (Phi) is 5.40. The van der Waals surface area contributed by atoms with E-state index in [-0.39, 0.29) is 0 Å². The molecule has 0 heterocycles. The van der Waals surface area contributed by atoms with Crippen LogP contribution >= 0.6 is 0 Å². The van der Waals surface area contributed by atoms with Gasteiger partial charge in [0, 0.05) is 25.2 Å². The molecule has 1 aromatic carbocycles. The van der Waals surface area contributed by atoms with Crippen LogP contribution in [0.4, 0.5) is 0 Å². The third kappa shape index (κ3) is 4.20. The Morgan fingerprint density at radius 3 is 2.50 bits per heavy atom. The van der Waals surface area contributed by atoms with Crippen molar-refractivity contribution in [2.45, 2.75) is 38.0 Å². The molecule has 0 aromatic heterocycles. The number of nitrogens with one attached hydrogen (secondary N) is 1. The Labute approximate surface area is 121 Å². The zero-order valence-corrected chi connectivity index (χ0v) is 12.7. The molecule has 2 unspecified atom stereocenters. The molecule has 112 valence electrons. The smallest absolute Gasteiger partial charge is 0.118 e. The maximum atomic E-state index is 10.1. The first kappa shape index (κ1) is 15.3. The molecule has 0 saturated heterocycles. The number of hydrogen-bond donors (Lipinski definition) is 2. The SMILES string of the molecule is COc1ccc(C(O)CNCC(C)N(C)C2CC2)cc1. The summed E-state index contributed by atoms with van der Waals surface area (Å²) in [7, 11) is 3.83. The zero-order valence-electron chi connectivity index (χ0n) is 12.7. The van der Waals surface area contributed by atoms with Crippen molar-refractivity contribution < 1.29 is 9.84 Å². The summed E-state index contributed by atoms with van der Waals surface area (Å²) in [6, 6.07) is 8.85. The normalized spacial score (nSPS) is 18.1. The summed E-state index contributed by atoms with van der Waals surface area (Å²) in [4.78, 5) is 2.42. The molecule has 20 heavy (non-hydrogen) atoms. The second-order valence-electron chi connectivity index (χ2n) is 5.69. The lowest BCUT2D eigenvalue weighted by molar-refractivity contribution is 0.167. The number of nitrogens with zero attached hydrogens (tertiary/aromatic N) is 1. The highest BCUT2D eigenvalue weighted by Gasteiger charge is 2.28. The lowest BCUT2D eigenvalue weighted by Crippen LogP contribution is -2.40. The molecular formula is C16H26N2O2. The molecular weight excluding hydrogens is 252 g/mol. The number of aliphatic hydroxyl groups excluding tert-OH is 1. The summed E-state index contributed by atoms with van der Waals surface area (Å²) >= 11 is 0. The Morgan fingerprint density at radius 1 is 1.30 bits per heavy atom. The van der Waals surface area contributed by atoms with Crippen molar-refractivity contribution in [2.24, 2.45) is 0 Å². The van der Waals surface area contributed by atoms with Gasteiger partial charge in [0.05, 0.1) is 13.2 Å². The second kappa shape index (κ2) is 7.07. The van der Waals surface area contributed by atoms with Crippen LogP contribution in [-0.2, 0) is 0 Å². The monoisotopic (exact) mass is 278 g/mol. The lowest BCUT2D eigenvalue weighted by Gasteiger charge is -2.25. The van der Waals surface area contributed by atoms with Crippen molar-refractivity contribution >= 4 is 0 Å². The summed E-state index contributed by atoms with van der Waals surface area (Å²) < 4.78 is 5.11. The highest BCUT2D eigenvalue weighted by Crippen LogP contribution is 2.26. The van der Waals surface area contributed by atoms with Crippen molar-refractivity contribution in [3.05, 3.63) is 29.8 Å². The van der Waals surface area contributed by atoms with Crippen LogP contribution in [0.15, 0.2) is 24.3 Å². The fourth-order valence-corrected chi connectivity index (χ4v) is 2.36. The molecule has 2 N–H and O–H groups in total. The van der Waals surface area contributed by atoms with Gasteiger partial charge in [-0.3, -0.25) is 4.90 Å². The van der Waals surface area contributed by atoms with E-state index in [0.717, 1.165) is 23.9 Å². The number of benzene rings is 1. The van der Waals surface area contributed by atoms with Gasteiger partial charge < -0.3 is 15.2 Å². The van der Waals surface area contributed by atoms with Gasteiger partial charge in [-0.2, -0.15) is 0 Å². The fourth-order valence-electron chi connectivity index (χ4n) is 2.36. The zero-order chi connectivity index (χ0) is 14.5. The van der Waals surface area contributed by atoms with Gasteiger partial charge in [0.15, 0.2) is 0 Å². The average Bonchev–Trinajstić information content (AvgIpc) is 3.31.